The number of hydrogen-bond donors (Lipinski definition) is 2. The molecule has 0 aromatic carbocycles. The van der Waals surface area contributed by atoms with Crippen molar-refractivity contribution in [3.05, 3.63) is 0 Å². The molecule has 1 spiro atoms. The van der Waals surface area contributed by atoms with Gasteiger partial charge in [-0.05, 0) is 77.3 Å². The SMILES string of the molecule is CC(CCC(C)N1CC[C@]2(O)CCCC[C@@H]2C1)N1CCC2(CC1)CNC(=O)C2. The maximum Gasteiger partial charge on any atom is 0.220 e. The van der Waals surface area contributed by atoms with Crippen LogP contribution in [0.2, 0.25) is 0 Å². The second-order valence-electron chi connectivity index (χ2n) is 10.6. The quantitative estimate of drug-likeness (QED) is 0.757. The van der Waals surface area contributed by atoms with Gasteiger partial charge in [0.05, 0.1) is 5.60 Å². The van der Waals surface area contributed by atoms with Crippen LogP contribution < -0.4 is 5.32 Å². The normalized spacial score (nSPS) is 36.1. The summed E-state index contributed by atoms with van der Waals surface area (Å²) in [5.41, 5.74) is -0.104. The number of carbonyl (C=O) groups excluding carboxylic acids is 1. The third-order valence-corrected chi connectivity index (χ3v) is 8.76. The van der Waals surface area contributed by atoms with Crippen LogP contribution in [-0.2, 0) is 4.79 Å². The highest BCUT2D eigenvalue weighted by molar-refractivity contribution is 5.79. The molecule has 4 fully saturated rings. The maximum atomic E-state index is 11.6. The molecular formula is C23H41N3O2. The lowest BCUT2D eigenvalue weighted by molar-refractivity contribution is -0.119. The molecule has 0 radical (unpaired) electrons. The highest BCUT2D eigenvalue weighted by atomic mass is 16.3. The van der Waals surface area contributed by atoms with Crippen molar-refractivity contribution < 1.29 is 9.90 Å². The molecular weight excluding hydrogens is 350 g/mol. The standard InChI is InChI=1S/C23H41N3O2/c1-18(25-12-9-22(10-13-25)15-21(27)24-17-22)6-7-19(2)26-14-11-23(28)8-4-3-5-20(23)16-26/h18-20,28H,3-17H2,1-2H3,(H,24,27)/t18?,19?,20-,23-/m1/s1. The second kappa shape index (κ2) is 8.23. The van der Waals surface area contributed by atoms with Gasteiger partial charge in [-0.1, -0.05) is 12.8 Å². The van der Waals surface area contributed by atoms with Gasteiger partial charge in [-0.3, -0.25) is 4.79 Å². The summed E-state index contributed by atoms with van der Waals surface area (Å²) in [7, 11) is 0. The lowest BCUT2D eigenvalue weighted by Crippen LogP contribution is -2.55. The Morgan fingerprint density at radius 2 is 1.71 bits per heavy atom. The van der Waals surface area contributed by atoms with E-state index < -0.39 is 0 Å². The topological polar surface area (TPSA) is 55.8 Å². The summed E-state index contributed by atoms with van der Waals surface area (Å²) in [5, 5.41) is 14.0. The lowest BCUT2D eigenvalue weighted by Gasteiger charge is -2.49. The minimum Gasteiger partial charge on any atom is -0.390 e. The Balaban J connectivity index is 1.21. The van der Waals surface area contributed by atoms with Gasteiger partial charge in [0.25, 0.3) is 0 Å². The number of nitrogens with one attached hydrogen (secondary N) is 1. The molecule has 2 N–H and O–H groups in total. The Morgan fingerprint density at radius 3 is 2.39 bits per heavy atom. The third kappa shape index (κ3) is 4.27. The van der Waals surface area contributed by atoms with Crippen LogP contribution in [0.5, 0.6) is 0 Å². The highest BCUT2D eigenvalue weighted by Gasteiger charge is 2.44. The molecule has 3 aliphatic heterocycles. The number of fused-ring (bicyclic) bond motifs is 1. The van der Waals surface area contributed by atoms with Crippen molar-refractivity contribution in [2.24, 2.45) is 11.3 Å². The smallest absolute Gasteiger partial charge is 0.220 e. The van der Waals surface area contributed by atoms with E-state index in [0.29, 0.717) is 18.0 Å². The number of carbonyl (C=O) groups is 1. The van der Waals surface area contributed by atoms with Gasteiger partial charge in [0.1, 0.15) is 0 Å². The summed E-state index contributed by atoms with van der Waals surface area (Å²) < 4.78 is 0. The Bertz CT molecular complexity index is 560. The molecule has 2 unspecified atom stereocenters. The zero-order chi connectivity index (χ0) is 19.8. The van der Waals surface area contributed by atoms with E-state index >= 15 is 0 Å². The van der Waals surface area contributed by atoms with E-state index in [4.69, 9.17) is 0 Å². The van der Waals surface area contributed by atoms with Gasteiger partial charge in [-0.15, -0.1) is 0 Å². The first-order valence-corrected chi connectivity index (χ1v) is 11.9. The number of nitrogens with zero attached hydrogens (tertiary/aromatic N) is 2. The zero-order valence-electron chi connectivity index (χ0n) is 18.1. The van der Waals surface area contributed by atoms with Crippen LogP contribution in [0.1, 0.15) is 78.1 Å². The Morgan fingerprint density at radius 1 is 1.04 bits per heavy atom. The van der Waals surface area contributed by atoms with Crippen LogP contribution in [0.25, 0.3) is 0 Å². The van der Waals surface area contributed by atoms with E-state index in [1.54, 1.807) is 0 Å². The van der Waals surface area contributed by atoms with Crippen LogP contribution >= 0.6 is 0 Å². The van der Waals surface area contributed by atoms with Crippen molar-refractivity contribution in [2.45, 2.75) is 95.7 Å². The van der Waals surface area contributed by atoms with E-state index in [0.717, 1.165) is 64.8 Å². The molecule has 160 valence electrons. The van der Waals surface area contributed by atoms with E-state index in [1.807, 2.05) is 0 Å². The van der Waals surface area contributed by atoms with E-state index in [1.165, 1.54) is 32.1 Å². The summed E-state index contributed by atoms with van der Waals surface area (Å²) in [4.78, 5) is 16.9. The monoisotopic (exact) mass is 391 g/mol. The summed E-state index contributed by atoms with van der Waals surface area (Å²) in [5.74, 6) is 0.748. The first-order valence-electron chi connectivity index (χ1n) is 11.9. The van der Waals surface area contributed by atoms with Crippen LogP contribution in [0.3, 0.4) is 0 Å². The van der Waals surface area contributed by atoms with Crippen LogP contribution in [0.15, 0.2) is 0 Å². The number of aliphatic hydroxyl groups is 1. The number of hydrogen-bond acceptors (Lipinski definition) is 4. The fourth-order valence-electron chi connectivity index (χ4n) is 6.39. The van der Waals surface area contributed by atoms with Gasteiger partial charge in [-0.2, -0.15) is 0 Å². The van der Waals surface area contributed by atoms with Gasteiger partial charge in [0.2, 0.25) is 5.91 Å². The van der Waals surface area contributed by atoms with Gasteiger partial charge >= 0.3 is 0 Å². The van der Waals surface area contributed by atoms with E-state index in [9.17, 15) is 9.90 Å². The van der Waals surface area contributed by atoms with Crippen LogP contribution in [-0.4, -0.2) is 71.2 Å². The second-order valence-corrected chi connectivity index (χ2v) is 10.6. The minimum atomic E-state index is -0.359. The van der Waals surface area contributed by atoms with E-state index in [-0.39, 0.29) is 16.9 Å². The van der Waals surface area contributed by atoms with Crippen molar-refractivity contribution in [3.63, 3.8) is 0 Å². The molecule has 0 aromatic rings. The van der Waals surface area contributed by atoms with Crippen molar-refractivity contribution in [3.8, 4) is 0 Å². The molecule has 5 nitrogen and oxygen atoms in total. The molecule has 5 heteroatoms. The maximum absolute atomic E-state index is 11.6. The fraction of sp³-hybridized carbons (Fsp3) is 0.957. The van der Waals surface area contributed by atoms with Gasteiger partial charge in [0.15, 0.2) is 0 Å². The molecule has 28 heavy (non-hydrogen) atoms. The lowest BCUT2D eigenvalue weighted by atomic mass is 9.71. The molecule has 4 atom stereocenters. The van der Waals surface area contributed by atoms with Crippen molar-refractivity contribution in [1.82, 2.24) is 15.1 Å². The minimum absolute atomic E-state index is 0.252. The van der Waals surface area contributed by atoms with Crippen molar-refractivity contribution >= 4 is 5.91 Å². The summed E-state index contributed by atoms with van der Waals surface area (Å²) >= 11 is 0. The first-order chi connectivity index (χ1) is 13.4. The molecule has 0 aromatic heterocycles. The average molecular weight is 392 g/mol. The van der Waals surface area contributed by atoms with Crippen molar-refractivity contribution in [2.75, 3.05) is 32.7 Å². The summed E-state index contributed by atoms with van der Waals surface area (Å²) in [6.07, 6.45) is 11.3. The number of amides is 1. The van der Waals surface area contributed by atoms with E-state index in [2.05, 4.69) is 29.0 Å². The number of rotatable bonds is 5. The Hall–Kier alpha value is -0.650. The molecule has 1 amide bonds. The fourth-order valence-corrected chi connectivity index (χ4v) is 6.39. The molecule has 0 bridgehead atoms. The van der Waals surface area contributed by atoms with Crippen molar-refractivity contribution in [1.29, 1.82) is 0 Å². The van der Waals surface area contributed by atoms with Crippen LogP contribution in [0.4, 0.5) is 0 Å². The van der Waals surface area contributed by atoms with Gasteiger partial charge in [0, 0.05) is 44.1 Å². The summed E-state index contributed by atoms with van der Waals surface area (Å²) in [6, 6.07) is 1.24. The Labute approximate surface area is 171 Å². The van der Waals surface area contributed by atoms with Gasteiger partial charge in [-0.25, -0.2) is 0 Å². The molecule has 3 heterocycles. The number of piperidine rings is 2. The number of likely N-dealkylation sites (tertiary alicyclic amines) is 2. The summed E-state index contributed by atoms with van der Waals surface area (Å²) in [6.45, 7) is 10.1. The molecule has 4 aliphatic rings. The third-order valence-electron chi connectivity index (χ3n) is 8.76. The van der Waals surface area contributed by atoms with Gasteiger partial charge < -0.3 is 20.2 Å². The molecule has 3 saturated heterocycles. The molecule has 4 rings (SSSR count). The first kappa shape index (κ1) is 20.6. The molecule has 1 aliphatic carbocycles. The van der Waals surface area contributed by atoms with Crippen LogP contribution in [0, 0.1) is 11.3 Å². The predicted octanol–water partition coefficient (Wildman–Crippen LogP) is 2.77. The Kier molecular flexibility index (Phi) is 6.06. The molecule has 1 saturated carbocycles. The largest absolute Gasteiger partial charge is 0.390 e. The predicted molar refractivity (Wildman–Crippen MR) is 112 cm³/mol. The average Bonchev–Trinajstić information content (AvgIpc) is 3.05. The highest BCUT2D eigenvalue weighted by Crippen LogP contribution is 2.41. The zero-order valence-corrected chi connectivity index (χ0v) is 18.1.